The van der Waals surface area contributed by atoms with Crippen molar-refractivity contribution in [1.82, 2.24) is 14.9 Å². The van der Waals surface area contributed by atoms with E-state index in [0.29, 0.717) is 28.2 Å². The monoisotopic (exact) mass is 436 g/mol. The van der Waals surface area contributed by atoms with Crippen LogP contribution in [0.25, 0.3) is 10.9 Å². The van der Waals surface area contributed by atoms with Crippen molar-refractivity contribution in [3.05, 3.63) is 68.7 Å². The molecule has 4 rings (SSSR count). The molecule has 0 radical (unpaired) electrons. The van der Waals surface area contributed by atoms with Gasteiger partial charge in [-0.15, -0.1) is 0 Å². The van der Waals surface area contributed by atoms with Crippen LogP contribution in [0.4, 0.5) is 18.9 Å². The van der Waals surface area contributed by atoms with Crippen LogP contribution in [-0.2, 0) is 12.1 Å². The lowest BCUT2D eigenvalue weighted by Gasteiger charge is -2.45. The topological polar surface area (TPSA) is 59.0 Å². The van der Waals surface area contributed by atoms with E-state index in [1.165, 1.54) is 13.0 Å². The molecule has 0 spiro atoms. The molecule has 2 heterocycles. The molecular weight excluding hydrogens is 417 g/mol. The van der Waals surface area contributed by atoms with Crippen molar-refractivity contribution in [2.24, 2.45) is 0 Å². The number of fused-ring (bicyclic) bond motifs is 1. The number of hydrogen-bond donors (Lipinski definition) is 2. The van der Waals surface area contributed by atoms with Crippen molar-refractivity contribution in [1.29, 1.82) is 0 Å². The summed E-state index contributed by atoms with van der Waals surface area (Å²) in [6, 6.07) is 10.7. The van der Waals surface area contributed by atoms with Crippen LogP contribution in [-0.4, -0.2) is 28.8 Å². The molecule has 1 aliphatic rings. The average Bonchev–Trinajstić information content (AvgIpc) is 2.63. The highest BCUT2D eigenvalue weighted by Crippen LogP contribution is 2.35. The van der Waals surface area contributed by atoms with Crippen LogP contribution in [0.2, 0.25) is 5.02 Å². The molecule has 0 unspecified atom stereocenters. The number of aryl methyl sites for hydroxylation is 1. The van der Waals surface area contributed by atoms with Crippen LogP contribution in [0.1, 0.15) is 17.0 Å². The lowest BCUT2D eigenvalue weighted by molar-refractivity contribution is -0.141. The number of nitrogens with one attached hydrogen (secondary N) is 2. The highest BCUT2D eigenvalue weighted by Gasteiger charge is 2.40. The molecule has 158 valence electrons. The number of aromatic nitrogens is 2. The summed E-state index contributed by atoms with van der Waals surface area (Å²) in [6.45, 7) is 3.38. The summed E-state index contributed by atoms with van der Waals surface area (Å²) in [5, 5.41) is 7.61. The molecule has 2 aromatic carbocycles. The Morgan fingerprint density at radius 2 is 1.97 bits per heavy atom. The summed E-state index contributed by atoms with van der Waals surface area (Å²) in [5.74, 6) is 0.0210. The third-order valence-electron chi connectivity index (χ3n) is 5.50. The van der Waals surface area contributed by atoms with Crippen LogP contribution < -0.4 is 16.2 Å². The Balaban J connectivity index is 1.73. The fraction of sp³-hybridized carbons (Fsp3) is 0.333. The van der Waals surface area contributed by atoms with E-state index < -0.39 is 18.3 Å². The first-order valence-corrected chi connectivity index (χ1v) is 9.80. The van der Waals surface area contributed by atoms with Gasteiger partial charge in [-0.2, -0.15) is 13.2 Å². The zero-order valence-electron chi connectivity index (χ0n) is 16.4. The number of alkyl halides is 3. The van der Waals surface area contributed by atoms with E-state index in [9.17, 15) is 18.0 Å². The largest absolute Gasteiger partial charge is 0.406 e. The summed E-state index contributed by atoms with van der Waals surface area (Å²) in [7, 11) is 0. The molecule has 1 saturated heterocycles. The van der Waals surface area contributed by atoms with E-state index in [1.54, 1.807) is 12.1 Å². The van der Waals surface area contributed by atoms with Gasteiger partial charge in [0.2, 0.25) is 0 Å². The highest BCUT2D eigenvalue weighted by molar-refractivity contribution is 6.31. The van der Waals surface area contributed by atoms with Gasteiger partial charge in [-0.25, -0.2) is 4.98 Å². The second kappa shape index (κ2) is 7.28. The van der Waals surface area contributed by atoms with Crippen LogP contribution in [0.3, 0.4) is 0 Å². The normalized spacial score (nSPS) is 15.8. The molecular formula is C21H20ClF3N4O. The number of hydrogen-bond acceptors (Lipinski definition) is 4. The number of nitrogens with zero attached hydrogens (tertiary/aromatic N) is 2. The standard InChI is InChI=1S/C21H20ClF3N4O/c1-12-16(4-3-5-17(12)22)20(9-26-10-20)28-14-6-7-15-18(8-14)27-13(2)29(19(15)30)11-21(23,24)25/h3-8,26,28H,9-11H2,1-2H3. The van der Waals surface area contributed by atoms with E-state index in [1.807, 2.05) is 25.1 Å². The summed E-state index contributed by atoms with van der Waals surface area (Å²) < 4.78 is 39.1. The Hall–Kier alpha value is -2.58. The summed E-state index contributed by atoms with van der Waals surface area (Å²) in [6.07, 6.45) is -4.50. The lowest BCUT2D eigenvalue weighted by Crippen LogP contribution is -2.61. The maximum absolute atomic E-state index is 12.8. The predicted molar refractivity (Wildman–Crippen MR) is 111 cm³/mol. The molecule has 5 nitrogen and oxygen atoms in total. The Morgan fingerprint density at radius 3 is 2.60 bits per heavy atom. The quantitative estimate of drug-likeness (QED) is 0.645. The van der Waals surface area contributed by atoms with Gasteiger partial charge in [-0.3, -0.25) is 9.36 Å². The van der Waals surface area contributed by atoms with Gasteiger partial charge in [0.1, 0.15) is 12.4 Å². The van der Waals surface area contributed by atoms with Gasteiger partial charge in [0, 0.05) is 23.8 Å². The van der Waals surface area contributed by atoms with Crippen molar-refractivity contribution in [3.63, 3.8) is 0 Å². The minimum Gasteiger partial charge on any atom is -0.373 e. The van der Waals surface area contributed by atoms with Crippen molar-refractivity contribution in [2.45, 2.75) is 32.1 Å². The molecule has 9 heteroatoms. The van der Waals surface area contributed by atoms with Gasteiger partial charge >= 0.3 is 6.18 Å². The SMILES string of the molecule is Cc1c(Cl)cccc1C1(Nc2ccc3c(=O)n(CC(F)(F)F)c(C)nc3c2)CNC1. The van der Waals surface area contributed by atoms with E-state index >= 15 is 0 Å². The fourth-order valence-corrected chi connectivity index (χ4v) is 4.07. The molecule has 2 N–H and O–H groups in total. The minimum atomic E-state index is -4.50. The Kier molecular flexibility index (Phi) is 5.02. The second-order valence-corrected chi connectivity index (χ2v) is 8.03. The zero-order valence-corrected chi connectivity index (χ0v) is 17.2. The Morgan fingerprint density at radius 1 is 1.23 bits per heavy atom. The van der Waals surface area contributed by atoms with Gasteiger partial charge in [0.05, 0.1) is 16.4 Å². The van der Waals surface area contributed by atoms with Crippen LogP contribution in [0, 0.1) is 13.8 Å². The molecule has 0 aliphatic carbocycles. The van der Waals surface area contributed by atoms with Crippen LogP contribution in [0.15, 0.2) is 41.2 Å². The molecule has 3 aromatic rings. The first-order valence-electron chi connectivity index (χ1n) is 9.42. The molecule has 0 saturated carbocycles. The van der Waals surface area contributed by atoms with E-state index in [2.05, 4.69) is 15.6 Å². The van der Waals surface area contributed by atoms with Gasteiger partial charge in [-0.05, 0) is 49.2 Å². The zero-order chi connectivity index (χ0) is 21.7. The molecule has 0 atom stereocenters. The average molecular weight is 437 g/mol. The molecule has 1 aliphatic heterocycles. The summed E-state index contributed by atoms with van der Waals surface area (Å²) in [4.78, 5) is 16.8. The van der Waals surface area contributed by atoms with Crippen molar-refractivity contribution >= 4 is 28.2 Å². The number of rotatable bonds is 4. The van der Waals surface area contributed by atoms with Gasteiger partial charge in [-0.1, -0.05) is 23.7 Å². The number of anilines is 1. The predicted octanol–water partition coefficient (Wildman–Crippen LogP) is 4.14. The molecule has 1 aromatic heterocycles. The number of benzene rings is 2. The minimum absolute atomic E-state index is 0.0210. The summed E-state index contributed by atoms with van der Waals surface area (Å²) in [5.41, 5.74) is 2.06. The van der Waals surface area contributed by atoms with Crippen LogP contribution in [0.5, 0.6) is 0 Å². The first-order chi connectivity index (χ1) is 14.1. The lowest BCUT2D eigenvalue weighted by atomic mass is 9.81. The van der Waals surface area contributed by atoms with Gasteiger partial charge in [0.25, 0.3) is 5.56 Å². The fourth-order valence-electron chi connectivity index (χ4n) is 3.90. The van der Waals surface area contributed by atoms with E-state index in [4.69, 9.17) is 11.6 Å². The highest BCUT2D eigenvalue weighted by atomic mass is 35.5. The summed E-state index contributed by atoms with van der Waals surface area (Å²) >= 11 is 6.30. The molecule has 30 heavy (non-hydrogen) atoms. The molecule has 0 amide bonds. The Labute approximate surface area is 175 Å². The first kappa shape index (κ1) is 20.7. The molecule has 1 fully saturated rings. The van der Waals surface area contributed by atoms with Crippen molar-refractivity contribution < 1.29 is 13.2 Å². The smallest absolute Gasteiger partial charge is 0.373 e. The van der Waals surface area contributed by atoms with E-state index in [0.717, 1.165) is 16.8 Å². The maximum Gasteiger partial charge on any atom is 0.406 e. The number of halogens is 4. The third-order valence-corrected chi connectivity index (χ3v) is 5.91. The van der Waals surface area contributed by atoms with Crippen molar-refractivity contribution in [3.8, 4) is 0 Å². The molecule has 0 bridgehead atoms. The van der Waals surface area contributed by atoms with Crippen LogP contribution >= 0.6 is 11.6 Å². The Bertz CT molecular complexity index is 1190. The van der Waals surface area contributed by atoms with Gasteiger partial charge in [0.15, 0.2) is 0 Å². The maximum atomic E-state index is 12.8. The van der Waals surface area contributed by atoms with Crippen molar-refractivity contribution in [2.75, 3.05) is 18.4 Å². The van der Waals surface area contributed by atoms with Gasteiger partial charge < -0.3 is 10.6 Å². The third kappa shape index (κ3) is 3.65. The van der Waals surface area contributed by atoms with E-state index in [-0.39, 0.29) is 16.7 Å². The second-order valence-electron chi connectivity index (χ2n) is 7.62.